The van der Waals surface area contributed by atoms with Gasteiger partial charge in [0.05, 0.1) is 6.61 Å². The zero-order valence-electron chi connectivity index (χ0n) is 7.95. The van der Waals surface area contributed by atoms with E-state index in [1.807, 2.05) is 5.48 Å². The zero-order chi connectivity index (χ0) is 10.1. The summed E-state index contributed by atoms with van der Waals surface area (Å²) in [7, 11) is 0. The van der Waals surface area contributed by atoms with Crippen molar-refractivity contribution < 1.29 is 14.7 Å². The molecule has 0 aromatic rings. The van der Waals surface area contributed by atoms with Gasteiger partial charge in [-0.1, -0.05) is 0 Å². The van der Waals surface area contributed by atoms with Crippen molar-refractivity contribution >= 4 is 5.97 Å². The molecule has 5 nitrogen and oxygen atoms in total. The molecule has 0 saturated carbocycles. The molecular formula is C8H18N2O3. The van der Waals surface area contributed by atoms with Gasteiger partial charge in [-0.2, -0.15) is 5.48 Å². The first-order valence-corrected chi connectivity index (χ1v) is 4.52. The minimum absolute atomic E-state index is 0.327. The van der Waals surface area contributed by atoms with Crippen molar-refractivity contribution in [2.45, 2.75) is 32.2 Å². The lowest BCUT2D eigenvalue weighted by Gasteiger charge is -2.12. The Bertz CT molecular complexity index is 141. The maximum atomic E-state index is 11.1. The van der Waals surface area contributed by atoms with Crippen LogP contribution in [0.1, 0.15) is 26.2 Å². The Balaban J connectivity index is 3.67. The molecule has 0 saturated heterocycles. The number of hydroxylamine groups is 1. The number of rotatable bonds is 7. The van der Waals surface area contributed by atoms with E-state index in [2.05, 4.69) is 0 Å². The van der Waals surface area contributed by atoms with Gasteiger partial charge in [-0.3, -0.25) is 4.79 Å². The first kappa shape index (κ1) is 12.3. The molecule has 5 heteroatoms. The second-order valence-electron chi connectivity index (χ2n) is 2.72. The van der Waals surface area contributed by atoms with Crippen LogP contribution >= 0.6 is 0 Å². The standard InChI is InChI=1S/C8H18N2O3/c1-2-13-8(11)7(10-12)5-3-4-6-9/h7,10,12H,2-6,9H2,1H3. The largest absolute Gasteiger partial charge is 0.465 e. The first-order chi connectivity index (χ1) is 6.26. The molecule has 0 aliphatic rings. The number of hydrogen-bond acceptors (Lipinski definition) is 5. The molecule has 0 aromatic carbocycles. The van der Waals surface area contributed by atoms with Crippen LogP contribution < -0.4 is 11.2 Å². The molecule has 1 unspecified atom stereocenters. The topological polar surface area (TPSA) is 84.6 Å². The predicted octanol–water partition coefficient (Wildman–Crippen LogP) is 0.0259. The molecule has 0 spiro atoms. The van der Waals surface area contributed by atoms with Gasteiger partial charge in [0.15, 0.2) is 0 Å². The van der Waals surface area contributed by atoms with Crippen molar-refractivity contribution in [1.29, 1.82) is 0 Å². The highest BCUT2D eigenvalue weighted by Gasteiger charge is 2.17. The smallest absolute Gasteiger partial charge is 0.325 e. The van der Waals surface area contributed by atoms with E-state index < -0.39 is 12.0 Å². The van der Waals surface area contributed by atoms with Gasteiger partial charge < -0.3 is 15.7 Å². The highest BCUT2D eigenvalue weighted by atomic mass is 16.5. The number of carbonyl (C=O) groups is 1. The van der Waals surface area contributed by atoms with E-state index >= 15 is 0 Å². The van der Waals surface area contributed by atoms with E-state index in [1.165, 1.54) is 0 Å². The first-order valence-electron chi connectivity index (χ1n) is 4.52. The highest BCUT2D eigenvalue weighted by molar-refractivity contribution is 5.75. The molecule has 0 radical (unpaired) electrons. The van der Waals surface area contributed by atoms with Gasteiger partial charge in [0.1, 0.15) is 6.04 Å². The predicted molar refractivity (Wildman–Crippen MR) is 48.2 cm³/mol. The third-order valence-corrected chi connectivity index (χ3v) is 1.67. The lowest BCUT2D eigenvalue weighted by atomic mass is 10.1. The van der Waals surface area contributed by atoms with E-state index in [0.29, 0.717) is 19.6 Å². The number of unbranched alkanes of at least 4 members (excludes halogenated alkanes) is 1. The Morgan fingerprint density at radius 3 is 2.77 bits per heavy atom. The van der Waals surface area contributed by atoms with Gasteiger partial charge >= 0.3 is 5.97 Å². The van der Waals surface area contributed by atoms with E-state index in [-0.39, 0.29) is 0 Å². The molecule has 13 heavy (non-hydrogen) atoms. The molecule has 1 atom stereocenters. The maximum Gasteiger partial charge on any atom is 0.325 e. The summed E-state index contributed by atoms with van der Waals surface area (Å²) in [5.74, 6) is -0.415. The molecule has 0 rings (SSSR count). The van der Waals surface area contributed by atoms with Gasteiger partial charge in [0, 0.05) is 0 Å². The third-order valence-electron chi connectivity index (χ3n) is 1.67. The molecule has 0 bridgehead atoms. The Kier molecular flexibility index (Phi) is 7.57. The Morgan fingerprint density at radius 2 is 2.31 bits per heavy atom. The monoisotopic (exact) mass is 190 g/mol. The van der Waals surface area contributed by atoms with Gasteiger partial charge in [-0.05, 0) is 32.7 Å². The lowest BCUT2D eigenvalue weighted by molar-refractivity contribution is -0.148. The summed E-state index contributed by atoms with van der Waals surface area (Å²) in [6.07, 6.45) is 2.19. The number of esters is 1. The van der Waals surface area contributed by atoms with Crippen molar-refractivity contribution in [3.8, 4) is 0 Å². The Labute approximate surface area is 78.2 Å². The Morgan fingerprint density at radius 1 is 1.62 bits per heavy atom. The second-order valence-corrected chi connectivity index (χ2v) is 2.72. The van der Waals surface area contributed by atoms with Crippen molar-refractivity contribution in [2.75, 3.05) is 13.2 Å². The van der Waals surface area contributed by atoms with Crippen LogP contribution in [0.4, 0.5) is 0 Å². The van der Waals surface area contributed by atoms with Gasteiger partial charge in [0.2, 0.25) is 0 Å². The van der Waals surface area contributed by atoms with Crippen LogP contribution in [0.2, 0.25) is 0 Å². The molecule has 0 aromatic heterocycles. The summed E-state index contributed by atoms with van der Waals surface area (Å²) in [6, 6.07) is -0.619. The summed E-state index contributed by atoms with van der Waals surface area (Å²) in [5, 5.41) is 8.64. The second kappa shape index (κ2) is 7.97. The fourth-order valence-corrected chi connectivity index (χ4v) is 0.971. The molecule has 0 aliphatic heterocycles. The van der Waals surface area contributed by atoms with Crippen LogP contribution in [0, 0.1) is 0 Å². The van der Waals surface area contributed by atoms with Crippen LogP contribution in [0.15, 0.2) is 0 Å². The van der Waals surface area contributed by atoms with Crippen LogP contribution in [0.3, 0.4) is 0 Å². The van der Waals surface area contributed by atoms with Crippen LogP contribution in [-0.4, -0.2) is 30.4 Å². The normalized spacial score (nSPS) is 12.5. The molecule has 78 valence electrons. The molecule has 0 aliphatic carbocycles. The molecule has 0 amide bonds. The minimum atomic E-state index is -0.619. The fourth-order valence-electron chi connectivity index (χ4n) is 0.971. The number of nitrogens with one attached hydrogen (secondary N) is 1. The van der Waals surface area contributed by atoms with E-state index in [4.69, 9.17) is 15.7 Å². The number of nitrogens with two attached hydrogens (primary N) is 1. The summed E-state index contributed by atoms with van der Waals surface area (Å²) in [6.45, 7) is 2.65. The van der Waals surface area contributed by atoms with Crippen LogP contribution in [0.5, 0.6) is 0 Å². The van der Waals surface area contributed by atoms with Gasteiger partial charge in [-0.15, -0.1) is 0 Å². The molecule has 0 fully saturated rings. The highest BCUT2D eigenvalue weighted by Crippen LogP contribution is 2.01. The van der Waals surface area contributed by atoms with Crippen molar-refractivity contribution in [1.82, 2.24) is 5.48 Å². The maximum absolute atomic E-state index is 11.1. The summed E-state index contributed by atoms with van der Waals surface area (Å²) in [5.41, 5.74) is 7.22. The minimum Gasteiger partial charge on any atom is -0.465 e. The lowest BCUT2D eigenvalue weighted by Crippen LogP contribution is -2.36. The Hall–Kier alpha value is -0.650. The number of ether oxygens (including phenoxy) is 1. The van der Waals surface area contributed by atoms with Crippen molar-refractivity contribution in [2.24, 2.45) is 5.73 Å². The van der Waals surface area contributed by atoms with Crippen LogP contribution in [-0.2, 0) is 9.53 Å². The number of carbonyl (C=O) groups excluding carboxylic acids is 1. The van der Waals surface area contributed by atoms with E-state index in [9.17, 15) is 4.79 Å². The SMILES string of the molecule is CCOC(=O)C(CCCCN)NO. The molecule has 0 heterocycles. The average Bonchev–Trinajstić information content (AvgIpc) is 2.13. The zero-order valence-corrected chi connectivity index (χ0v) is 7.95. The third kappa shape index (κ3) is 5.57. The fraction of sp³-hybridized carbons (Fsp3) is 0.875. The van der Waals surface area contributed by atoms with Gasteiger partial charge in [-0.25, -0.2) is 0 Å². The summed E-state index contributed by atoms with van der Waals surface area (Å²) in [4.78, 5) is 11.1. The van der Waals surface area contributed by atoms with Crippen molar-refractivity contribution in [3.63, 3.8) is 0 Å². The van der Waals surface area contributed by atoms with Crippen molar-refractivity contribution in [3.05, 3.63) is 0 Å². The summed E-state index contributed by atoms with van der Waals surface area (Å²) >= 11 is 0. The summed E-state index contributed by atoms with van der Waals surface area (Å²) < 4.78 is 4.73. The molecule has 4 N–H and O–H groups in total. The van der Waals surface area contributed by atoms with Crippen LogP contribution in [0.25, 0.3) is 0 Å². The number of hydrogen-bond donors (Lipinski definition) is 3. The van der Waals surface area contributed by atoms with E-state index in [1.54, 1.807) is 6.92 Å². The van der Waals surface area contributed by atoms with E-state index in [0.717, 1.165) is 12.8 Å². The van der Waals surface area contributed by atoms with Gasteiger partial charge in [0.25, 0.3) is 0 Å². The average molecular weight is 190 g/mol. The quantitative estimate of drug-likeness (QED) is 0.299. The molecular weight excluding hydrogens is 172 g/mol.